The Kier molecular flexibility index (Phi) is 13.1. The van der Waals surface area contributed by atoms with Crippen molar-refractivity contribution in [2.45, 2.75) is 25.5 Å². The number of ether oxygens (including phenoxy) is 2. The highest BCUT2D eigenvalue weighted by molar-refractivity contribution is 7.86. The summed E-state index contributed by atoms with van der Waals surface area (Å²) in [4.78, 5) is -3.32. The maximum atomic E-state index is 12.2. The first-order chi connectivity index (χ1) is 31.3. The van der Waals surface area contributed by atoms with E-state index < -0.39 is 88.8 Å². The SMILES string of the molecule is COc1cc(C(c2ccccc2)c2cc(OC)c(N=Nc3c(O)c(S(=O)(=O)O)cc4cc(S(=O)(=O)O)ccc34)cc2Cl)c(Cl)cc1N=Nc1c(O)c(S(=O)(=O)O)cc2cc(S(=O)(=O)O)ccc12. The Morgan fingerprint density at radius 3 is 1.22 bits per heavy atom. The molecule has 0 radical (unpaired) electrons. The topological polar surface area (TPSA) is 326 Å². The van der Waals surface area contributed by atoms with Crippen LogP contribution in [0.3, 0.4) is 0 Å². The van der Waals surface area contributed by atoms with Gasteiger partial charge in [0.1, 0.15) is 44.0 Å². The van der Waals surface area contributed by atoms with Gasteiger partial charge < -0.3 is 19.7 Å². The average Bonchev–Trinajstić information content (AvgIpc) is 3.25. The van der Waals surface area contributed by atoms with Crippen LogP contribution in [0.2, 0.25) is 10.0 Å². The van der Waals surface area contributed by atoms with E-state index in [0.29, 0.717) is 16.7 Å². The Morgan fingerprint density at radius 1 is 0.493 bits per heavy atom. The zero-order chi connectivity index (χ0) is 49.0. The van der Waals surface area contributed by atoms with Gasteiger partial charge in [-0.25, -0.2) is 0 Å². The molecule has 0 amide bonds. The number of methoxy groups -OCH3 is 2. The summed E-state index contributed by atoms with van der Waals surface area (Å²) in [6, 6.07) is 22.0. The summed E-state index contributed by atoms with van der Waals surface area (Å²) in [5.41, 5.74) is 0.189. The second kappa shape index (κ2) is 18.1. The van der Waals surface area contributed by atoms with Crippen LogP contribution in [0, 0.1) is 0 Å². The number of aromatic hydroxyl groups is 2. The van der Waals surface area contributed by atoms with Crippen LogP contribution in [0.15, 0.2) is 143 Å². The van der Waals surface area contributed by atoms with E-state index in [1.54, 1.807) is 30.3 Å². The second-order valence-electron chi connectivity index (χ2n) is 14.1. The fourth-order valence-corrected chi connectivity index (χ4v) is 9.80. The molecule has 7 aromatic carbocycles. The number of rotatable bonds is 13. The molecule has 7 aromatic rings. The minimum atomic E-state index is -5.12. The molecule has 0 heterocycles. The lowest BCUT2D eigenvalue weighted by Crippen LogP contribution is -2.06. The van der Waals surface area contributed by atoms with Crippen molar-refractivity contribution in [2.75, 3.05) is 14.2 Å². The fraction of sp³-hybridized carbons (Fsp3) is 0.0732. The molecule has 7 rings (SSSR count). The van der Waals surface area contributed by atoms with E-state index in [1.807, 2.05) is 0 Å². The summed E-state index contributed by atoms with van der Waals surface area (Å²) in [5, 5.41) is 38.0. The summed E-state index contributed by atoms with van der Waals surface area (Å²) >= 11 is 14.0. The van der Waals surface area contributed by atoms with Crippen LogP contribution in [0.4, 0.5) is 22.7 Å². The molecule has 0 aromatic heterocycles. The van der Waals surface area contributed by atoms with E-state index in [1.165, 1.54) is 38.5 Å². The summed E-state index contributed by atoms with van der Waals surface area (Å²) in [6.45, 7) is 0. The molecule has 0 unspecified atom stereocenters. The van der Waals surface area contributed by atoms with Crippen molar-refractivity contribution in [3.63, 3.8) is 0 Å². The molecule has 0 bridgehead atoms. The van der Waals surface area contributed by atoms with E-state index in [4.69, 9.17) is 32.7 Å². The number of phenols is 2. The summed E-state index contributed by atoms with van der Waals surface area (Å²) in [5.74, 6) is -2.84. The van der Waals surface area contributed by atoms with Gasteiger partial charge in [0, 0.05) is 26.7 Å². The Bertz CT molecular complexity index is 3500. The van der Waals surface area contributed by atoms with E-state index in [0.717, 1.165) is 48.5 Å². The molecule has 348 valence electrons. The number of halogens is 2. The van der Waals surface area contributed by atoms with Gasteiger partial charge in [0.05, 0.1) is 24.0 Å². The molecule has 0 aliphatic rings. The van der Waals surface area contributed by atoms with Crippen molar-refractivity contribution in [3.8, 4) is 23.0 Å². The van der Waals surface area contributed by atoms with Crippen LogP contribution in [0.1, 0.15) is 22.6 Å². The van der Waals surface area contributed by atoms with Crippen molar-refractivity contribution in [3.05, 3.63) is 130 Å². The highest BCUT2D eigenvalue weighted by Crippen LogP contribution is 2.49. The Balaban J connectivity index is 1.35. The van der Waals surface area contributed by atoms with Gasteiger partial charge in [-0.05, 0) is 88.1 Å². The van der Waals surface area contributed by atoms with Crippen molar-refractivity contribution in [1.29, 1.82) is 0 Å². The maximum absolute atomic E-state index is 12.2. The summed E-state index contributed by atoms with van der Waals surface area (Å²) < 4.78 is 146. The maximum Gasteiger partial charge on any atom is 0.298 e. The van der Waals surface area contributed by atoms with Crippen molar-refractivity contribution in [1.82, 2.24) is 0 Å². The first kappa shape index (κ1) is 48.6. The minimum Gasteiger partial charge on any atom is -0.504 e. The van der Waals surface area contributed by atoms with Gasteiger partial charge in [0.2, 0.25) is 0 Å². The molecule has 6 N–H and O–H groups in total. The van der Waals surface area contributed by atoms with Crippen LogP contribution in [-0.2, 0) is 40.5 Å². The Morgan fingerprint density at radius 2 is 0.881 bits per heavy atom. The number of fused-ring (bicyclic) bond motifs is 2. The third-order valence-electron chi connectivity index (χ3n) is 10.1. The van der Waals surface area contributed by atoms with Gasteiger partial charge in [-0.2, -0.15) is 33.7 Å². The zero-order valence-corrected chi connectivity index (χ0v) is 38.6. The third kappa shape index (κ3) is 9.89. The predicted octanol–water partition coefficient (Wildman–Crippen LogP) is 9.73. The van der Waals surface area contributed by atoms with Crippen LogP contribution < -0.4 is 9.47 Å². The molecule has 20 nitrogen and oxygen atoms in total. The van der Waals surface area contributed by atoms with E-state index in [2.05, 4.69) is 20.5 Å². The molecule has 0 aliphatic carbocycles. The number of hydrogen-bond acceptors (Lipinski definition) is 16. The number of benzene rings is 7. The van der Waals surface area contributed by atoms with Gasteiger partial charge >= 0.3 is 0 Å². The van der Waals surface area contributed by atoms with Gasteiger partial charge in [-0.15, -0.1) is 20.5 Å². The molecule has 0 aliphatic heterocycles. The smallest absolute Gasteiger partial charge is 0.298 e. The number of hydrogen-bond donors (Lipinski definition) is 6. The molecule has 0 atom stereocenters. The molecule has 0 fully saturated rings. The van der Waals surface area contributed by atoms with Crippen LogP contribution in [0.5, 0.6) is 23.0 Å². The molecule has 0 saturated heterocycles. The zero-order valence-electron chi connectivity index (χ0n) is 33.8. The molecular formula is C41H30Cl2N4O16S4. The lowest BCUT2D eigenvalue weighted by atomic mass is 9.84. The Hall–Kier alpha value is -6.32. The quantitative estimate of drug-likeness (QED) is 0.0355. The van der Waals surface area contributed by atoms with Crippen molar-refractivity contribution in [2.24, 2.45) is 20.5 Å². The predicted molar refractivity (Wildman–Crippen MR) is 242 cm³/mol. The fourth-order valence-electron chi connectivity index (χ4n) is 7.00. The molecule has 0 saturated carbocycles. The minimum absolute atomic E-state index is 0.0313. The Labute approximate surface area is 390 Å². The molecule has 26 heteroatoms. The monoisotopic (exact) mass is 1030 g/mol. The van der Waals surface area contributed by atoms with Gasteiger partial charge in [-0.1, -0.05) is 65.7 Å². The van der Waals surface area contributed by atoms with Crippen molar-refractivity contribution < 1.29 is 71.6 Å². The highest BCUT2D eigenvalue weighted by Gasteiger charge is 2.28. The molecular weight excluding hydrogens is 1000 g/mol. The number of phenolic OH excluding ortho intramolecular Hbond substituents is 2. The third-order valence-corrected chi connectivity index (χ3v) is 14.2. The highest BCUT2D eigenvalue weighted by atomic mass is 35.5. The van der Waals surface area contributed by atoms with Gasteiger partial charge in [-0.3, -0.25) is 18.2 Å². The van der Waals surface area contributed by atoms with Crippen LogP contribution in [-0.4, -0.2) is 76.3 Å². The molecule has 0 spiro atoms. The van der Waals surface area contributed by atoms with Crippen LogP contribution >= 0.6 is 23.2 Å². The lowest BCUT2D eigenvalue weighted by molar-refractivity contribution is 0.414. The van der Waals surface area contributed by atoms with E-state index in [9.17, 15) is 62.1 Å². The standard InChI is InChI=1S/C41H30Cl2N4O16S4/c1-62-33-16-27(29(42)18-31(33)44-46-38-25-10-8-23(64(50,51)52)12-21(25)14-35(40(38)48)66(56,57)58)37(20-6-4-3-5-7-20)28-17-34(63-2)32(19-30(28)43)45-47-39-26-11-9-24(65(53,54)55)13-22(26)15-36(41(39)49)67(59,60)61/h3-19,37,48-49H,1-2H3,(H,50,51,52)(H,53,54,55)(H,56,57,58)(H,59,60,61). The largest absolute Gasteiger partial charge is 0.504 e. The molecule has 67 heavy (non-hydrogen) atoms. The van der Waals surface area contributed by atoms with Crippen molar-refractivity contribution >= 4 is 108 Å². The van der Waals surface area contributed by atoms with E-state index >= 15 is 0 Å². The first-order valence-corrected chi connectivity index (χ1v) is 25.0. The van der Waals surface area contributed by atoms with E-state index in [-0.39, 0.29) is 54.5 Å². The van der Waals surface area contributed by atoms with Gasteiger partial charge in [0.15, 0.2) is 11.5 Å². The average molecular weight is 1030 g/mol. The second-order valence-corrected chi connectivity index (χ2v) is 20.6. The van der Waals surface area contributed by atoms with Crippen LogP contribution in [0.25, 0.3) is 21.5 Å². The number of nitrogens with zero attached hydrogens (tertiary/aromatic N) is 4. The first-order valence-electron chi connectivity index (χ1n) is 18.4. The van der Waals surface area contributed by atoms with Gasteiger partial charge in [0.25, 0.3) is 40.5 Å². The normalized spacial score (nSPS) is 13.2. The lowest BCUT2D eigenvalue weighted by Gasteiger charge is -2.23. The number of azo groups is 2. The summed E-state index contributed by atoms with van der Waals surface area (Å²) in [7, 11) is -17.2. The summed E-state index contributed by atoms with van der Waals surface area (Å²) in [6.07, 6.45) is 0.